The van der Waals surface area contributed by atoms with Gasteiger partial charge in [0.2, 0.25) is 10.0 Å². The first-order chi connectivity index (χ1) is 15.8. The fraction of sp³-hybridized carbons (Fsp3) is 0.304. The summed E-state index contributed by atoms with van der Waals surface area (Å²) >= 11 is 6.16. The average Bonchev–Trinajstić information content (AvgIpc) is 3.50. The third-order valence-corrected chi connectivity index (χ3v) is 7.32. The van der Waals surface area contributed by atoms with Crippen molar-refractivity contribution in [2.75, 3.05) is 20.2 Å². The summed E-state index contributed by atoms with van der Waals surface area (Å²) in [5.74, 6) is -0.324. The third-order valence-electron chi connectivity index (χ3n) is 5.42. The summed E-state index contributed by atoms with van der Waals surface area (Å²) in [6, 6.07) is 13.9. The summed E-state index contributed by atoms with van der Waals surface area (Å²) in [4.78, 5) is 14.4. The van der Waals surface area contributed by atoms with Gasteiger partial charge in [-0.1, -0.05) is 29.8 Å². The molecule has 1 amide bonds. The van der Waals surface area contributed by atoms with Crippen LogP contribution in [0.4, 0.5) is 0 Å². The number of hydrogen-bond acceptors (Lipinski definition) is 5. The van der Waals surface area contributed by atoms with E-state index in [9.17, 15) is 13.2 Å². The van der Waals surface area contributed by atoms with Crippen molar-refractivity contribution in [2.45, 2.75) is 30.4 Å². The maximum atomic E-state index is 13.0. The zero-order valence-corrected chi connectivity index (χ0v) is 19.7. The first-order valence-electron chi connectivity index (χ1n) is 10.6. The van der Waals surface area contributed by atoms with Crippen LogP contribution >= 0.6 is 11.6 Å². The Bertz CT molecular complexity index is 1220. The second-order valence-electron chi connectivity index (χ2n) is 7.92. The second kappa shape index (κ2) is 10.0. The van der Waals surface area contributed by atoms with Gasteiger partial charge in [-0.3, -0.25) is 4.79 Å². The summed E-state index contributed by atoms with van der Waals surface area (Å²) in [7, 11) is -2.24. The van der Waals surface area contributed by atoms with Gasteiger partial charge in [0.25, 0.3) is 5.91 Å². The highest BCUT2D eigenvalue weighted by molar-refractivity contribution is 7.89. The van der Waals surface area contributed by atoms with Gasteiger partial charge in [-0.25, -0.2) is 17.8 Å². The number of para-hydroxylation sites is 1. The van der Waals surface area contributed by atoms with Crippen LogP contribution in [0.25, 0.3) is 5.69 Å². The van der Waals surface area contributed by atoms with Crippen LogP contribution in [-0.2, 0) is 21.3 Å². The van der Waals surface area contributed by atoms with E-state index in [-0.39, 0.29) is 34.0 Å². The highest BCUT2D eigenvalue weighted by Gasteiger charge is 2.24. The Morgan fingerprint density at radius 2 is 2.06 bits per heavy atom. The molecule has 0 radical (unpaired) electrons. The number of benzene rings is 2. The Morgan fingerprint density at radius 3 is 2.79 bits per heavy atom. The normalized spacial score (nSPS) is 16.1. The number of carbonyl (C=O) groups excluding carboxylic acids is 1. The van der Waals surface area contributed by atoms with Crippen molar-refractivity contribution in [3.8, 4) is 5.69 Å². The third kappa shape index (κ3) is 5.62. The lowest BCUT2D eigenvalue weighted by molar-refractivity contribution is 0.0785. The molecule has 174 valence electrons. The quantitative estimate of drug-likeness (QED) is 0.525. The SMILES string of the molecule is CN(Cc1cnn(-c2ccccc2)c1)C(=O)c1ccc(Cl)c(S(=O)(=O)NC[C@@H]2CCCO2)c1. The predicted octanol–water partition coefficient (Wildman–Crippen LogP) is 3.26. The summed E-state index contributed by atoms with van der Waals surface area (Å²) in [6.45, 7) is 1.11. The van der Waals surface area contributed by atoms with Gasteiger partial charge in [-0.2, -0.15) is 5.10 Å². The van der Waals surface area contributed by atoms with Gasteiger partial charge in [0.1, 0.15) is 4.90 Å². The first kappa shape index (κ1) is 23.4. The monoisotopic (exact) mass is 488 g/mol. The standard InChI is InChI=1S/C23H25ClN4O4S/c1-27(15-17-13-25-28(16-17)19-6-3-2-4-7-19)23(29)18-9-10-21(24)22(12-18)33(30,31)26-14-20-8-5-11-32-20/h2-4,6-7,9-10,12-13,16,20,26H,5,8,11,14-15H2,1H3/t20-/m0/s1. The molecular weight excluding hydrogens is 464 g/mol. The fourth-order valence-electron chi connectivity index (χ4n) is 3.66. The molecule has 0 aliphatic carbocycles. The lowest BCUT2D eigenvalue weighted by atomic mass is 10.2. The maximum Gasteiger partial charge on any atom is 0.253 e. The van der Waals surface area contributed by atoms with Crippen molar-refractivity contribution in [3.05, 3.63) is 77.1 Å². The molecule has 1 aliphatic heterocycles. The Balaban J connectivity index is 1.46. The van der Waals surface area contributed by atoms with Crippen molar-refractivity contribution in [3.63, 3.8) is 0 Å². The number of ether oxygens (including phenoxy) is 1. The van der Waals surface area contributed by atoms with Crippen LogP contribution in [0.15, 0.2) is 65.8 Å². The molecule has 33 heavy (non-hydrogen) atoms. The number of amides is 1. The number of aromatic nitrogens is 2. The second-order valence-corrected chi connectivity index (χ2v) is 10.1. The molecule has 0 bridgehead atoms. The van der Waals surface area contributed by atoms with Crippen LogP contribution in [0.1, 0.15) is 28.8 Å². The van der Waals surface area contributed by atoms with Gasteiger partial charge in [0.15, 0.2) is 0 Å². The molecule has 1 N–H and O–H groups in total. The molecule has 1 aliphatic rings. The summed E-state index contributed by atoms with van der Waals surface area (Å²) in [5, 5.41) is 4.40. The van der Waals surface area contributed by atoms with E-state index in [1.165, 1.54) is 23.1 Å². The van der Waals surface area contributed by atoms with Gasteiger partial charge < -0.3 is 9.64 Å². The van der Waals surface area contributed by atoms with Crippen molar-refractivity contribution in [2.24, 2.45) is 0 Å². The van der Waals surface area contributed by atoms with Crippen LogP contribution in [0.5, 0.6) is 0 Å². The fourth-order valence-corrected chi connectivity index (χ4v) is 5.25. The van der Waals surface area contributed by atoms with E-state index in [0.29, 0.717) is 13.2 Å². The van der Waals surface area contributed by atoms with Gasteiger partial charge >= 0.3 is 0 Å². The summed E-state index contributed by atoms with van der Waals surface area (Å²) in [6.07, 6.45) is 5.12. The Hall–Kier alpha value is -2.72. The molecule has 1 aromatic heterocycles. The van der Waals surface area contributed by atoms with Gasteiger partial charge in [0, 0.05) is 44.1 Å². The molecule has 3 aromatic rings. The summed E-state index contributed by atoms with van der Waals surface area (Å²) in [5.41, 5.74) is 1.99. The molecule has 1 saturated heterocycles. The van der Waals surface area contributed by atoms with Gasteiger partial charge in [-0.05, 0) is 43.2 Å². The van der Waals surface area contributed by atoms with Crippen LogP contribution in [0.3, 0.4) is 0 Å². The molecule has 0 saturated carbocycles. The van der Waals surface area contributed by atoms with Gasteiger partial charge in [0.05, 0.1) is 23.0 Å². The van der Waals surface area contributed by atoms with E-state index in [1.54, 1.807) is 17.9 Å². The van der Waals surface area contributed by atoms with E-state index in [2.05, 4.69) is 9.82 Å². The van der Waals surface area contributed by atoms with Crippen molar-refractivity contribution >= 4 is 27.5 Å². The number of carbonyl (C=O) groups is 1. The molecule has 0 unspecified atom stereocenters. The molecule has 1 atom stereocenters. The Labute approximate surface area is 198 Å². The summed E-state index contributed by atoms with van der Waals surface area (Å²) < 4.78 is 35.3. The minimum Gasteiger partial charge on any atom is -0.377 e. The number of sulfonamides is 1. The lowest BCUT2D eigenvalue weighted by Crippen LogP contribution is -2.32. The van der Waals surface area contributed by atoms with Crippen molar-refractivity contribution in [1.82, 2.24) is 19.4 Å². The molecule has 1 fully saturated rings. The van der Waals surface area contributed by atoms with E-state index in [4.69, 9.17) is 16.3 Å². The largest absolute Gasteiger partial charge is 0.377 e. The van der Waals surface area contributed by atoms with E-state index in [1.807, 2.05) is 36.5 Å². The number of hydrogen-bond donors (Lipinski definition) is 1. The zero-order chi connectivity index (χ0) is 23.4. The first-order valence-corrected chi connectivity index (χ1v) is 12.4. The van der Waals surface area contributed by atoms with Crippen LogP contribution in [0.2, 0.25) is 5.02 Å². The zero-order valence-electron chi connectivity index (χ0n) is 18.1. The van der Waals surface area contributed by atoms with Crippen LogP contribution < -0.4 is 4.72 Å². The molecule has 10 heteroatoms. The van der Waals surface area contributed by atoms with E-state index >= 15 is 0 Å². The Kier molecular flexibility index (Phi) is 7.14. The van der Waals surface area contributed by atoms with Gasteiger partial charge in [-0.15, -0.1) is 0 Å². The van der Waals surface area contributed by atoms with Crippen molar-refractivity contribution in [1.29, 1.82) is 0 Å². The predicted molar refractivity (Wildman–Crippen MR) is 125 cm³/mol. The molecule has 2 aromatic carbocycles. The number of nitrogens with zero attached hydrogens (tertiary/aromatic N) is 3. The highest BCUT2D eigenvalue weighted by atomic mass is 35.5. The highest BCUT2D eigenvalue weighted by Crippen LogP contribution is 2.24. The Morgan fingerprint density at radius 1 is 1.27 bits per heavy atom. The van der Waals surface area contributed by atoms with E-state index < -0.39 is 10.0 Å². The lowest BCUT2D eigenvalue weighted by Gasteiger charge is -2.17. The van der Waals surface area contributed by atoms with Crippen LogP contribution in [0, 0.1) is 0 Å². The molecule has 4 rings (SSSR count). The van der Waals surface area contributed by atoms with E-state index in [0.717, 1.165) is 24.1 Å². The number of halogens is 1. The molecule has 8 nitrogen and oxygen atoms in total. The molecule has 2 heterocycles. The minimum atomic E-state index is -3.89. The maximum absolute atomic E-state index is 13.0. The molecule has 0 spiro atoms. The topological polar surface area (TPSA) is 93.5 Å². The van der Waals surface area contributed by atoms with Crippen molar-refractivity contribution < 1.29 is 17.9 Å². The number of rotatable bonds is 8. The minimum absolute atomic E-state index is 0.0539. The number of nitrogens with one attached hydrogen (secondary N) is 1. The average molecular weight is 489 g/mol. The van der Waals surface area contributed by atoms with Crippen LogP contribution in [-0.4, -0.2) is 55.3 Å². The smallest absolute Gasteiger partial charge is 0.253 e. The molecular formula is C23H25ClN4O4S.